The number of nitrogens with zero attached hydrogens (tertiary/aromatic N) is 2. The van der Waals surface area contributed by atoms with Gasteiger partial charge in [0, 0.05) is 42.2 Å². The summed E-state index contributed by atoms with van der Waals surface area (Å²) in [5.41, 5.74) is 1.06. The fourth-order valence-corrected chi connectivity index (χ4v) is 5.42. The highest BCUT2D eigenvalue weighted by atomic mass is 35.5. The minimum Gasteiger partial charge on any atom is -0.454 e. The lowest BCUT2D eigenvalue weighted by Gasteiger charge is -2.30. The van der Waals surface area contributed by atoms with E-state index in [1.54, 1.807) is 43.3 Å². The van der Waals surface area contributed by atoms with Gasteiger partial charge in [0.2, 0.25) is 28.6 Å². The number of carbonyl (C=O) groups is 2. The Labute approximate surface area is 234 Å². The van der Waals surface area contributed by atoms with Crippen molar-refractivity contribution in [3.63, 3.8) is 0 Å². The van der Waals surface area contributed by atoms with Gasteiger partial charge < -0.3 is 19.7 Å². The Morgan fingerprint density at radius 3 is 2.50 bits per heavy atom. The van der Waals surface area contributed by atoms with Gasteiger partial charge in [0.1, 0.15) is 6.04 Å². The van der Waals surface area contributed by atoms with Crippen LogP contribution in [0.3, 0.4) is 0 Å². The van der Waals surface area contributed by atoms with E-state index in [9.17, 15) is 18.0 Å². The van der Waals surface area contributed by atoms with Gasteiger partial charge in [0.15, 0.2) is 11.5 Å². The minimum absolute atomic E-state index is 0.0222. The molecule has 0 bridgehead atoms. The Balaban J connectivity index is 1.73. The molecule has 1 atom stereocenters. The van der Waals surface area contributed by atoms with Crippen LogP contribution >= 0.6 is 23.2 Å². The zero-order valence-corrected chi connectivity index (χ0v) is 24.0. The van der Waals surface area contributed by atoms with E-state index in [4.69, 9.17) is 32.7 Å². The lowest BCUT2D eigenvalue weighted by Crippen LogP contribution is -2.48. The van der Waals surface area contributed by atoms with Crippen LogP contribution in [0.25, 0.3) is 0 Å². The number of amides is 2. The second kappa shape index (κ2) is 13.4. The average Bonchev–Trinajstić information content (AvgIpc) is 3.33. The van der Waals surface area contributed by atoms with Crippen LogP contribution in [0, 0.1) is 0 Å². The maximum Gasteiger partial charge on any atom is 0.242 e. The lowest BCUT2D eigenvalue weighted by molar-refractivity contribution is -0.140. The number of benzene rings is 2. The van der Waals surface area contributed by atoms with E-state index in [1.165, 1.54) is 9.21 Å². The molecule has 1 heterocycles. The van der Waals surface area contributed by atoms with Crippen LogP contribution in [0.2, 0.25) is 10.0 Å². The molecular formula is C26H33Cl2N3O6S. The molecule has 2 aromatic rings. The first kappa shape index (κ1) is 29.9. The highest BCUT2D eigenvalue weighted by Crippen LogP contribution is 2.36. The summed E-state index contributed by atoms with van der Waals surface area (Å²) in [5, 5.41) is 3.72. The van der Waals surface area contributed by atoms with Gasteiger partial charge in [-0.2, -0.15) is 0 Å². The summed E-state index contributed by atoms with van der Waals surface area (Å²) in [4.78, 5) is 27.7. The second-order valence-corrected chi connectivity index (χ2v) is 11.8. The average molecular weight is 587 g/mol. The van der Waals surface area contributed by atoms with Gasteiger partial charge >= 0.3 is 0 Å². The third-order valence-corrected chi connectivity index (χ3v) is 7.93. The van der Waals surface area contributed by atoms with Gasteiger partial charge in [-0.1, -0.05) is 42.6 Å². The van der Waals surface area contributed by atoms with Crippen molar-refractivity contribution in [2.24, 2.45) is 0 Å². The first-order chi connectivity index (χ1) is 18.0. The molecular weight excluding hydrogens is 553 g/mol. The normalized spacial score (nSPS) is 13.2. The predicted octanol–water partition coefficient (Wildman–Crippen LogP) is 4.60. The largest absolute Gasteiger partial charge is 0.454 e. The van der Waals surface area contributed by atoms with Crippen molar-refractivity contribution in [3.8, 4) is 11.5 Å². The highest BCUT2D eigenvalue weighted by molar-refractivity contribution is 7.92. The summed E-state index contributed by atoms with van der Waals surface area (Å²) in [5.74, 6) is 0.435. The number of sulfonamides is 1. The molecule has 2 amide bonds. The van der Waals surface area contributed by atoms with Crippen molar-refractivity contribution in [2.45, 2.75) is 52.1 Å². The van der Waals surface area contributed by atoms with Crippen molar-refractivity contribution in [3.05, 3.63) is 52.0 Å². The number of anilines is 1. The molecule has 0 aliphatic carbocycles. The van der Waals surface area contributed by atoms with Crippen molar-refractivity contribution in [1.82, 2.24) is 10.2 Å². The fourth-order valence-electron chi connectivity index (χ4n) is 4.00. The Hall–Kier alpha value is -2.69. The molecule has 12 heteroatoms. The molecule has 0 radical (unpaired) electrons. The number of fused-ring (bicyclic) bond motifs is 1. The van der Waals surface area contributed by atoms with E-state index < -0.39 is 16.1 Å². The molecule has 9 nitrogen and oxygen atoms in total. The Morgan fingerprint density at radius 2 is 1.82 bits per heavy atom. The summed E-state index contributed by atoms with van der Waals surface area (Å²) in [7, 11) is -3.64. The number of carbonyl (C=O) groups excluding carboxylic acids is 2. The maximum atomic E-state index is 13.4. The van der Waals surface area contributed by atoms with Crippen LogP contribution in [-0.4, -0.2) is 57.3 Å². The molecule has 1 aliphatic heterocycles. The zero-order chi connectivity index (χ0) is 27.9. The van der Waals surface area contributed by atoms with Crippen LogP contribution in [-0.2, 0) is 26.2 Å². The van der Waals surface area contributed by atoms with Crippen LogP contribution in [0.1, 0.15) is 45.1 Å². The van der Waals surface area contributed by atoms with Gasteiger partial charge in [-0.15, -0.1) is 0 Å². The predicted molar refractivity (Wildman–Crippen MR) is 148 cm³/mol. The lowest BCUT2D eigenvalue weighted by atomic mass is 10.1. The van der Waals surface area contributed by atoms with Crippen LogP contribution in [0.5, 0.6) is 11.5 Å². The topological polar surface area (TPSA) is 105 Å². The molecule has 3 rings (SSSR count). The Bertz CT molecular complexity index is 1260. The number of hydrogen-bond acceptors (Lipinski definition) is 6. The summed E-state index contributed by atoms with van der Waals surface area (Å²) in [6, 6.07) is 9.10. The quantitative estimate of drug-likeness (QED) is 0.344. The van der Waals surface area contributed by atoms with Crippen molar-refractivity contribution in [2.75, 3.05) is 30.4 Å². The van der Waals surface area contributed by atoms with Crippen LogP contribution < -0.4 is 19.1 Å². The first-order valence-corrected chi connectivity index (χ1v) is 15.0. The summed E-state index contributed by atoms with van der Waals surface area (Å²) < 4.78 is 37.0. The number of rotatable bonds is 13. The summed E-state index contributed by atoms with van der Waals surface area (Å²) >= 11 is 12.4. The van der Waals surface area contributed by atoms with E-state index in [0.29, 0.717) is 39.3 Å². The van der Waals surface area contributed by atoms with Gasteiger partial charge in [-0.3, -0.25) is 13.9 Å². The first-order valence-electron chi connectivity index (χ1n) is 12.4. The third kappa shape index (κ3) is 7.91. The van der Waals surface area contributed by atoms with E-state index >= 15 is 0 Å². The number of unbranched alkanes of at least 4 members (excludes halogenated alkanes) is 1. The molecule has 2 aromatic carbocycles. The molecule has 1 aliphatic rings. The van der Waals surface area contributed by atoms with Crippen molar-refractivity contribution in [1.29, 1.82) is 0 Å². The minimum atomic E-state index is -3.64. The number of nitrogens with one attached hydrogen (secondary N) is 1. The third-order valence-electron chi connectivity index (χ3n) is 6.15. The van der Waals surface area contributed by atoms with Gasteiger partial charge in [0.25, 0.3) is 0 Å². The van der Waals surface area contributed by atoms with Crippen LogP contribution in [0.4, 0.5) is 5.69 Å². The number of hydrogen-bond donors (Lipinski definition) is 1. The van der Waals surface area contributed by atoms with E-state index in [1.807, 2.05) is 6.92 Å². The monoisotopic (exact) mass is 585 g/mol. The van der Waals surface area contributed by atoms with E-state index in [0.717, 1.165) is 19.1 Å². The molecule has 0 aromatic heterocycles. The van der Waals surface area contributed by atoms with Crippen LogP contribution in [0.15, 0.2) is 36.4 Å². The van der Waals surface area contributed by atoms with Gasteiger partial charge in [0.05, 0.1) is 11.9 Å². The highest BCUT2D eigenvalue weighted by Gasteiger charge is 2.27. The standard InChI is InChI=1S/C26H33Cl2N3O6S/c1-4-5-12-29-26(33)18(2)30(16-19-8-9-20(27)14-22(19)28)25(32)7-6-13-31(38(3,34)35)21-10-11-23-24(15-21)37-17-36-23/h8-11,14-15,18H,4-7,12-13,16-17H2,1-3H3,(H,29,33). The number of ether oxygens (including phenoxy) is 2. The molecule has 208 valence electrons. The Kier molecular flexibility index (Phi) is 10.5. The molecule has 0 saturated heterocycles. The fraction of sp³-hybridized carbons (Fsp3) is 0.462. The maximum absolute atomic E-state index is 13.4. The smallest absolute Gasteiger partial charge is 0.242 e. The molecule has 0 spiro atoms. The molecule has 0 saturated carbocycles. The van der Waals surface area contributed by atoms with E-state index in [2.05, 4.69) is 5.32 Å². The van der Waals surface area contributed by atoms with Crippen molar-refractivity contribution >= 4 is 50.7 Å². The molecule has 1 N–H and O–H groups in total. The number of halogens is 2. The second-order valence-electron chi connectivity index (χ2n) is 9.05. The van der Waals surface area contributed by atoms with Gasteiger partial charge in [-0.25, -0.2) is 8.42 Å². The summed E-state index contributed by atoms with van der Waals surface area (Å²) in [6.07, 6.45) is 3.12. The zero-order valence-electron chi connectivity index (χ0n) is 21.7. The summed E-state index contributed by atoms with van der Waals surface area (Å²) in [6.45, 7) is 4.45. The SMILES string of the molecule is CCCCNC(=O)C(C)N(Cc1ccc(Cl)cc1Cl)C(=O)CCCN(c1ccc2c(c1)OCO2)S(C)(=O)=O. The van der Waals surface area contributed by atoms with E-state index in [-0.39, 0.29) is 44.5 Å². The van der Waals surface area contributed by atoms with Crippen molar-refractivity contribution < 1.29 is 27.5 Å². The molecule has 1 unspecified atom stereocenters. The van der Waals surface area contributed by atoms with Gasteiger partial charge in [-0.05, 0) is 49.6 Å². The molecule has 38 heavy (non-hydrogen) atoms. The Morgan fingerprint density at radius 1 is 1.08 bits per heavy atom. The molecule has 0 fully saturated rings.